The third kappa shape index (κ3) is 5.22. The van der Waals surface area contributed by atoms with Gasteiger partial charge in [0.15, 0.2) is 11.6 Å². The van der Waals surface area contributed by atoms with Gasteiger partial charge in [-0.15, -0.1) is 0 Å². The van der Waals surface area contributed by atoms with Crippen molar-refractivity contribution in [3.8, 4) is 11.4 Å². The van der Waals surface area contributed by atoms with Gasteiger partial charge in [-0.05, 0) is 26.8 Å². The number of hydrogen-bond donors (Lipinski definition) is 0. The van der Waals surface area contributed by atoms with Gasteiger partial charge < -0.3 is 19.3 Å². The van der Waals surface area contributed by atoms with Gasteiger partial charge in [0, 0.05) is 49.4 Å². The zero-order chi connectivity index (χ0) is 25.3. The fraction of sp³-hybridized carbons (Fsp3) is 0.520. The van der Waals surface area contributed by atoms with Gasteiger partial charge in [-0.25, -0.2) is 19.0 Å². The Bertz CT molecular complexity index is 1290. The molecule has 2 aliphatic heterocycles. The topological polar surface area (TPSA) is 110 Å². The van der Waals surface area contributed by atoms with Crippen LogP contribution in [0.15, 0.2) is 28.8 Å². The molecule has 0 spiro atoms. The molecular formula is C25H32N6O4S. The van der Waals surface area contributed by atoms with Crippen LogP contribution in [0.25, 0.3) is 17.5 Å². The Morgan fingerprint density at radius 3 is 2.81 bits per heavy atom. The second-order valence-electron chi connectivity index (χ2n) is 9.54. The number of anilines is 1. The lowest BCUT2D eigenvalue weighted by Gasteiger charge is -2.34. The van der Waals surface area contributed by atoms with Gasteiger partial charge >= 0.3 is 6.09 Å². The van der Waals surface area contributed by atoms with Gasteiger partial charge in [0.1, 0.15) is 5.82 Å². The normalized spacial score (nSPS) is 20.9. The lowest BCUT2D eigenvalue weighted by Crippen LogP contribution is -2.44. The molecule has 4 heterocycles. The number of allylic oxidation sites excluding steroid dienone is 1. The van der Waals surface area contributed by atoms with Crippen LogP contribution in [0.1, 0.15) is 32.0 Å². The molecule has 1 aliphatic carbocycles. The molecule has 3 aliphatic rings. The quantitative estimate of drug-likeness (QED) is 0.614. The van der Waals surface area contributed by atoms with Crippen molar-refractivity contribution >= 4 is 33.5 Å². The Balaban J connectivity index is 1.50. The summed E-state index contributed by atoms with van der Waals surface area (Å²) in [5.74, 6) is 2.22. The second kappa shape index (κ2) is 10.1. The molecule has 0 unspecified atom stereocenters. The average molecular weight is 513 g/mol. The van der Waals surface area contributed by atoms with E-state index in [2.05, 4.69) is 27.2 Å². The van der Waals surface area contributed by atoms with E-state index in [0.717, 1.165) is 29.1 Å². The molecule has 2 fully saturated rings. The summed E-state index contributed by atoms with van der Waals surface area (Å²) >= 11 is 0. The van der Waals surface area contributed by atoms with E-state index < -0.39 is 9.73 Å². The van der Waals surface area contributed by atoms with Gasteiger partial charge in [-0.3, -0.25) is 4.98 Å². The number of amides is 1. The summed E-state index contributed by atoms with van der Waals surface area (Å²) in [5.41, 5.74) is 2.89. The number of ether oxygens (including phenoxy) is 2. The second-order valence-corrected chi connectivity index (χ2v) is 12.1. The molecule has 2 aromatic rings. The van der Waals surface area contributed by atoms with Crippen molar-refractivity contribution in [2.45, 2.75) is 39.3 Å². The molecule has 5 rings (SSSR count). The van der Waals surface area contributed by atoms with Crippen LogP contribution in [0.5, 0.6) is 0 Å². The number of nitrogens with zero attached hydrogens (tertiary/aromatic N) is 6. The van der Waals surface area contributed by atoms with E-state index in [1.165, 1.54) is 0 Å². The summed E-state index contributed by atoms with van der Waals surface area (Å²) < 4.78 is 29.3. The van der Waals surface area contributed by atoms with Crippen molar-refractivity contribution in [2.24, 2.45) is 4.36 Å². The molecule has 2 aromatic heterocycles. The van der Waals surface area contributed by atoms with Crippen LogP contribution in [-0.4, -0.2) is 86.7 Å². The zero-order valence-corrected chi connectivity index (χ0v) is 21.7. The first kappa shape index (κ1) is 24.6. The van der Waals surface area contributed by atoms with Crippen LogP contribution in [0.3, 0.4) is 0 Å². The first-order chi connectivity index (χ1) is 17.3. The van der Waals surface area contributed by atoms with Crippen LogP contribution in [0.2, 0.25) is 0 Å². The molecule has 2 saturated heterocycles. The Labute approximate surface area is 211 Å². The smallest absolute Gasteiger partial charge is 0.410 e. The summed E-state index contributed by atoms with van der Waals surface area (Å²) in [6.07, 6.45) is 6.11. The number of hydrogen-bond acceptors (Lipinski definition) is 9. The minimum absolute atomic E-state index is 0.140. The van der Waals surface area contributed by atoms with Gasteiger partial charge in [0.2, 0.25) is 0 Å². The van der Waals surface area contributed by atoms with Crippen LogP contribution in [0, 0.1) is 0 Å². The number of carbonyl (C=O) groups excluding carboxylic acids is 1. The number of fused-ring (bicyclic) bond motifs is 1. The molecule has 192 valence electrons. The summed E-state index contributed by atoms with van der Waals surface area (Å²) in [4.78, 5) is 30.2. The van der Waals surface area contributed by atoms with Crippen molar-refractivity contribution in [1.82, 2.24) is 19.9 Å². The van der Waals surface area contributed by atoms with E-state index >= 15 is 0 Å². The summed E-state index contributed by atoms with van der Waals surface area (Å²) in [6.45, 7) is 8.32. The highest BCUT2D eigenvalue weighted by molar-refractivity contribution is 7.93. The standard InChI is InChI=1S/C25H32N6O4S/c1-17(2)35-25(32)30-10-13-36(33,14-11-30)29-22-15-23(31-9-12-34-16-18(31)3)28-24(27-22)20-7-8-26-21-6-4-5-19(20)21/h4-5,7-8,15,17-18H,6,9-14,16H2,1-3H3/t18-/m1/s1. The summed E-state index contributed by atoms with van der Waals surface area (Å²) in [6, 6.07) is 3.87. The van der Waals surface area contributed by atoms with E-state index in [-0.39, 0.29) is 29.7 Å². The highest BCUT2D eigenvalue weighted by atomic mass is 32.2. The van der Waals surface area contributed by atoms with Gasteiger partial charge in [-0.2, -0.15) is 4.36 Å². The van der Waals surface area contributed by atoms with E-state index in [4.69, 9.17) is 19.4 Å². The van der Waals surface area contributed by atoms with Crippen molar-refractivity contribution in [1.29, 1.82) is 0 Å². The van der Waals surface area contributed by atoms with Crippen LogP contribution >= 0.6 is 0 Å². The summed E-state index contributed by atoms with van der Waals surface area (Å²) in [7, 11) is -2.59. The Hall–Kier alpha value is -3.05. The number of aromatic nitrogens is 3. The van der Waals surface area contributed by atoms with E-state index in [1.807, 2.05) is 32.1 Å². The predicted octanol–water partition coefficient (Wildman–Crippen LogP) is 3.29. The lowest BCUT2D eigenvalue weighted by atomic mass is 10.1. The number of rotatable bonds is 4. The molecule has 0 aromatic carbocycles. The van der Waals surface area contributed by atoms with Crippen LogP contribution in [0.4, 0.5) is 16.4 Å². The monoisotopic (exact) mass is 512 g/mol. The highest BCUT2D eigenvalue weighted by Gasteiger charge is 2.27. The third-order valence-corrected chi connectivity index (χ3v) is 8.65. The molecule has 0 bridgehead atoms. The predicted molar refractivity (Wildman–Crippen MR) is 139 cm³/mol. The molecule has 10 nitrogen and oxygen atoms in total. The molecule has 36 heavy (non-hydrogen) atoms. The lowest BCUT2D eigenvalue weighted by molar-refractivity contribution is 0.0795. The van der Waals surface area contributed by atoms with Crippen LogP contribution < -0.4 is 4.90 Å². The van der Waals surface area contributed by atoms with Crippen molar-refractivity contribution in [2.75, 3.05) is 49.3 Å². The Morgan fingerprint density at radius 2 is 2.06 bits per heavy atom. The minimum Gasteiger partial charge on any atom is -0.447 e. The molecular weight excluding hydrogens is 480 g/mol. The average Bonchev–Trinajstić information content (AvgIpc) is 3.33. The number of pyridine rings is 1. The minimum atomic E-state index is -2.59. The fourth-order valence-corrected chi connectivity index (χ4v) is 6.42. The third-order valence-electron chi connectivity index (χ3n) is 6.49. The molecule has 11 heteroatoms. The van der Waals surface area contributed by atoms with Gasteiger partial charge in [0.25, 0.3) is 0 Å². The van der Waals surface area contributed by atoms with Gasteiger partial charge in [0.05, 0.1) is 52.3 Å². The largest absolute Gasteiger partial charge is 0.447 e. The zero-order valence-electron chi connectivity index (χ0n) is 20.9. The Morgan fingerprint density at radius 1 is 1.25 bits per heavy atom. The van der Waals surface area contributed by atoms with Crippen LogP contribution in [-0.2, 0) is 25.6 Å². The maximum Gasteiger partial charge on any atom is 0.410 e. The molecule has 1 amide bonds. The number of morpholine rings is 1. The highest BCUT2D eigenvalue weighted by Crippen LogP contribution is 2.32. The molecule has 0 radical (unpaired) electrons. The van der Waals surface area contributed by atoms with E-state index in [9.17, 15) is 9.00 Å². The maximum absolute atomic E-state index is 13.7. The van der Waals surface area contributed by atoms with Crippen molar-refractivity contribution in [3.05, 3.63) is 35.7 Å². The molecule has 0 N–H and O–H groups in total. The van der Waals surface area contributed by atoms with Gasteiger partial charge in [-0.1, -0.05) is 12.2 Å². The van der Waals surface area contributed by atoms with Crippen molar-refractivity contribution < 1.29 is 18.5 Å². The SMILES string of the molecule is CC(C)OC(=O)N1CCS(=O)(=Nc2cc(N3CCOC[C@H]3C)nc(-c3ccnc4c3C=CC4)n2)CC1. The number of carbonyl (C=O) groups is 1. The van der Waals surface area contributed by atoms with Crippen molar-refractivity contribution in [3.63, 3.8) is 0 Å². The maximum atomic E-state index is 13.7. The van der Waals surface area contributed by atoms with E-state index in [1.54, 1.807) is 11.1 Å². The fourth-order valence-electron chi connectivity index (χ4n) is 4.59. The van der Waals surface area contributed by atoms with E-state index in [0.29, 0.717) is 44.5 Å². The summed E-state index contributed by atoms with van der Waals surface area (Å²) in [5, 5.41) is 0. The first-order valence-electron chi connectivity index (χ1n) is 12.4. The molecule has 0 saturated carbocycles. The molecule has 1 atom stereocenters. The Kier molecular flexibility index (Phi) is 6.94. The first-order valence-corrected chi connectivity index (χ1v) is 14.2.